The third-order valence-corrected chi connectivity index (χ3v) is 6.95. The van der Waals surface area contributed by atoms with Gasteiger partial charge in [-0.3, -0.25) is 0 Å². The molecule has 0 fully saturated rings. The predicted octanol–water partition coefficient (Wildman–Crippen LogP) is 5.36. The van der Waals surface area contributed by atoms with Crippen molar-refractivity contribution in [3.63, 3.8) is 0 Å². The van der Waals surface area contributed by atoms with Crippen molar-refractivity contribution in [3.05, 3.63) is 88.3 Å². The topological polar surface area (TPSA) is 120 Å². The van der Waals surface area contributed by atoms with Crippen LogP contribution in [-0.2, 0) is 0 Å². The first-order valence-electron chi connectivity index (χ1n) is 11.0. The van der Waals surface area contributed by atoms with Crippen molar-refractivity contribution in [3.8, 4) is 28.1 Å². The van der Waals surface area contributed by atoms with Crippen LogP contribution in [0.25, 0.3) is 43.5 Å². The minimum Gasteiger partial charge on any atom is -0.508 e. The Labute approximate surface area is 207 Å². The molecule has 0 aliphatic carbocycles. The molecular weight excluding hydrogens is 481 g/mol. The molecule has 0 saturated carbocycles. The van der Waals surface area contributed by atoms with Gasteiger partial charge in [-0.1, -0.05) is 30.3 Å². The molecule has 36 heavy (non-hydrogen) atoms. The van der Waals surface area contributed by atoms with Crippen LogP contribution in [0, 0.1) is 5.82 Å². The van der Waals surface area contributed by atoms with Gasteiger partial charge in [0.25, 0.3) is 0 Å². The van der Waals surface area contributed by atoms with Crippen LogP contribution < -0.4 is 11.4 Å². The molecule has 10 heteroatoms. The van der Waals surface area contributed by atoms with E-state index in [0.717, 1.165) is 22.6 Å². The van der Waals surface area contributed by atoms with Crippen molar-refractivity contribution < 1.29 is 13.9 Å². The Morgan fingerprint density at radius 2 is 1.92 bits per heavy atom. The lowest BCUT2D eigenvalue weighted by atomic mass is 9.98. The van der Waals surface area contributed by atoms with Gasteiger partial charge < -0.3 is 15.3 Å². The van der Waals surface area contributed by atoms with E-state index in [1.807, 2.05) is 48.7 Å². The van der Waals surface area contributed by atoms with Crippen LogP contribution in [0.4, 0.5) is 10.2 Å². The number of halogens is 1. The Morgan fingerprint density at radius 3 is 2.69 bits per heavy atom. The Bertz CT molecular complexity index is 1810. The van der Waals surface area contributed by atoms with E-state index in [0.29, 0.717) is 32.8 Å². The molecule has 1 unspecified atom stereocenters. The lowest BCUT2D eigenvalue weighted by Crippen LogP contribution is -2.14. The van der Waals surface area contributed by atoms with Gasteiger partial charge in [0.1, 0.15) is 45.9 Å². The van der Waals surface area contributed by atoms with E-state index in [2.05, 4.69) is 9.97 Å². The van der Waals surface area contributed by atoms with Crippen molar-refractivity contribution in [1.29, 1.82) is 0 Å². The number of aromatic nitrogens is 4. The number of aromatic hydroxyl groups is 1. The zero-order valence-electron chi connectivity index (χ0n) is 18.8. The lowest BCUT2D eigenvalue weighted by molar-refractivity contribution is 0.406. The molecule has 178 valence electrons. The van der Waals surface area contributed by atoms with E-state index < -0.39 is 17.5 Å². The number of benzene rings is 2. The van der Waals surface area contributed by atoms with Gasteiger partial charge in [-0.2, -0.15) is 5.10 Å². The summed E-state index contributed by atoms with van der Waals surface area (Å²) < 4.78 is 22.1. The quantitative estimate of drug-likeness (QED) is 0.335. The number of nitrogens with zero attached hydrogens (tertiary/aromatic N) is 4. The van der Waals surface area contributed by atoms with E-state index >= 15 is 0 Å². The highest BCUT2D eigenvalue weighted by atomic mass is 32.1. The molecule has 1 atom stereocenters. The van der Waals surface area contributed by atoms with E-state index in [1.165, 1.54) is 29.8 Å². The minimum atomic E-state index is -0.628. The smallest absolute Gasteiger partial charge is 0.354 e. The van der Waals surface area contributed by atoms with Crippen LogP contribution in [-0.4, -0.2) is 24.9 Å². The summed E-state index contributed by atoms with van der Waals surface area (Å²) in [7, 11) is 0. The fourth-order valence-electron chi connectivity index (χ4n) is 4.48. The molecule has 3 N–H and O–H groups in total. The highest BCUT2D eigenvalue weighted by Crippen LogP contribution is 2.39. The summed E-state index contributed by atoms with van der Waals surface area (Å²) in [5.74, 6) is -0.338. The third kappa shape index (κ3) is 3.42. The summed E-state index contributed by atoms with van der Waals surface area (Å²) in [5.41, 5.74) is 8.39. The van der Waals surface area contributed by atoms with E-state index in [1.54, 1.807) is 4.68 Å². The van der Waals surface area contributed by atoms with Crippen molar-refractivity contribution in [2.45, 2.75) is 13.0 Å². The van der Waals surface area contributed by atoms with Gasteiger partial charge in [-0.15, -0.1) is 11.3 Å². The number of nitrogens with two attached hydrogens (primary N) is 1. The molecule has 2 aromatic carbocycles. The Hall–Kier alpha value is -4.57. The maximum atomic E-state index is 14.1. The van der Waals surface area contributed by atoms with E-state index in [4.69, 9.17) is 15.2 Å². The number of anilines is 1. The molecule has 6 rings (SSSR count). The molecule has 0 spiro atoms. The van der Waals surface area contributed by atoms with Crippen molar-refractivity contribution in [2.24, 2.45) is 0 Å². The second kappa shape index (κ2) is 8.28. The maximum Gasteiger partial charge on any atom is 0.354 e. The fourth-order valence-corrected chi connectivity index (χ4v) is 5.26. The zero-order valence-corrected chi connectivity index (χ0v) is 19.7. The lowest BCUT2D eigenvalue weighted by Gasteiger charge is -2.17. The second-order valence-corrected chi connectivity index (χ2v) is 9.20. The van der Waals surface area contributed by atoms with Crippen molar-refractivity contribution >= 4 is 38.3 Å². The van der Waals surface area contributed by atoms with Crippen LogP contribution in [0.2, 0.25) is 0 Å². The molecular formula is C26H18FN5O3S. The van der Waals surface area contributed by atoms with Crippen LogP contribution in [0.3, 0.4) is 0 Å². The number of nitrogen functional groups attached to an aromatic ring is 1. The van der Waals surface area contributed by atoms with E-state index in [-0.39, 0.29) is 11.6 Å². The maximum absolute atomic E-state index is 14.1. The van der Waals surface area contributed by atoms with Crippen LogP contribution in [0.1, 0.15) is 18.7 Å². The molecule has 8 nitrogen and oxygen atoms in total. The van der Waals surface area contributed by atoms with Gasteiger partial charge in [0, 0.05) is 22.6 Å². The summed E-state index contributed by atoms with van der Waals surface area (Å²) in [5, 5.41) is 17.7. The Morgan fingerprint density at radius 1 is 1.11 bits per heavy atom. The van der Waals surface area contributed by atoms with Gasteiger partial charge in [0.05, 0.1) is 5.39 Å². The molecule has 0 aliphatic heterocycles. The molecule has 0 aliphatic rings. The van der Waals surface area contributed by atoms with Gasteiger partial charge in [-0.05, 0) is 36.1 Å². The summed E-state index contributed by atoms with van der Waals surface area (Å²) in [4.78, 5) is 21.4. The molecule has 6 aromatic rings. The third-order valence-electron chi connectivity index (χ3n) is 6.05. The number of thiophene rings is 1. The molecule has 0 bridgehead atoms. The number of phenolic OH excluding ortho intramolecular Hbond substituents is 1. The second-order valence-electron chi connectivity index (χ2n) is 8.28. The van der Waals surface area contributed by atoms with Crippen molar-refractivity contribution in [2.75, 3.05) is 5.73 Å². The monoisotopic (exact) mass is 499 g/mol. The number of rotatable bonds is 4. The first-order chi connectivity index (χ1) is 17.4. The van der Waals surface area contributed by atoms with Gasteiger partial charge >= 0.3 is 5.63 Å². The number of hydrogen-bond donors (Lipinski definition) is 2. The standard InChI is InChI=1S/C26H18FN5O3S/c1-13(22-19(14-5-3-2-4-6-14)18-7-8-36-23(18)26(34)35-22)32-25-20(24(28)29-12-30-25)21(31-32)15-9-16(27)11-17(33)10-15/h2-13,33H,1H3,(H2,28,29,30). The van der Waals surface area contributed by atoms with Gasteiger partial charge in [-0.25, -0.2) is 23.8 Å². The largest absolute Gasteiger partial charge is 0.508 e. The summed E-state index contributed by atoms with van der Waals surface area (Å²) in [6.07, 6.45) is 1.31. The zero-order chi connectivity index (χ0) is 25.0. The van der Waals surface area contributed by atoms with Crippen LogP contribution >= 0.6 is 11.3 Å². The average molecular weight is 500 g/mol. The molecule has 4 aromatic heterocycles. The summed E-state index contributed by atoms with van der Waals surface area (Å²) in [6.45, 7) is 1.83. The predicted molar refractivity (Wildman–Crippen MR) is 136 cm³/mol. The normalized spacial score (nSPS) is 12.4. The van der Waals surface area contributed by atoms with Crippen LogP contribution in [0.5, 0.6) is 5.75 Å². The molecule has 0 amide bonds. The number of phenols is 1. The fraction of sp³-hybridized carbons (Fsp3) is 0.0769. The van der Waals surface area contributed by atoms with E-state index in [9.17, 15) is 14.3 Å². The summed E-state index contributed by atoms with van der Waals surface area (Å²) in [6, 6.07) is 14.6. The van der Waals surface area contributed by atoms with Crippen molar-refractivity contribution in [1.82, 2.24) is 19.7 Å². The average Bonchev–Trinajstić information content (AvgIpc) is 3.50. The van der Waals surface area contributed by atoms with Gasteiger partial charge in [0.2, 0.25) is 0 Å². The Balaban J connectivity index is 1.64. The molecule has 0 radical (unpaired) electrons. The molecule has 4 heterocycles. The summed E-state index contributed by atoms with van der Waals surface area (Å²) >= 11 is 1.32. The first-order valence-corrected chi connectivity index (χ1v) is 11.9. The highest BCUT2D eigenvalue weighted by Gasteiger charge is 2.27. The van der Waals surface area contributed by atoms with Crippen LogP contribution in [0.15, 0.2) is 75.5 Å². The first kappa shape index (κ1) is 21.9. The SMILES string of the molecule is CC(c1oc(=O)c2sccc2c1-c1ccccc1)n1nc(-c2cc(O)cc(F)c2)c2c(N)ncnc21. The van der Waals surface area contributed by atoms with Gasteiger partial charge in [0.15, 0.2) is 5.65 Å². The Kier molecular flexibility index (Phi) is 5.04. The number of hydrogen-bond acceptors (Lipinski definition) is 8. The molecule has 0 saturated heterocycles. The highest BCUT2D eigenvalue weighted by molar-refractivity contribution is 7.17. The minimum absolute atomic E-state index is 0.148. The number of fused-ring (bicyclic) bond motifs is 2.